The molecule has 1 aliphatic rings. The summed E-state index contributed by atoms with van der Waals surface area (Å²) in [6.45, 7) is 1.68. The van der Waals surface area contributed by atoms with Crippen molar-refractivity contribution in [3.63, 3.8) is 0 Å². The Labute approximate surface area is 232 Å². The van der Waals surface area contributed by atoms with Crippen LogP contribution in [0.4, 0.5) is 5.69 Å². The minimum absolute atomic E-state index is 0.0941. The molecule has 0 spiro atoms. The highest BCUT2D eigenvalue weighted by Crippen LogP contribution is 2.31. The predicted octanol–water partition coefficient (Wildman–Crippen LogP) is 5.15. The van der Waals surface area contributed by atoms with E-state index in [0.29, 0.717) is 37.4 Å². The first kappa shape index (κ1) is 25.3. The molecule has 40 heavy (non-hydrogen) atoms. The number of fused-ring (bicyclic) bond motifs is 2. The largest absolute Gasteiger partial charge is 0.347 e. The maximum Gasteiger partial charge on any atom is 0.268 e. The number of anilines is 1. The van der Waals surface area contributed by atoms with Crippen molar-refractivity contribution in [1.29, 1.82) is 0 Å². The van der Waals surface area contributed by atoms with Crippen molar-refractivity contribution < 1.29 is 9.59 Å². The van der Waals surface area contributed by atoms with Crippen molar-refractivity contribution in [2.24, 2.45) is 5.73 Å². The number of nitrogens with zero attached hydrogens (tertiary/aromatic N) is 3. The number of amides is 2. The number of hydrogen-bond donors (Lipinski definition) is 2. The maximum atomic E-state index is 13.9. The van der Waals surface area contributed by atoms with Gasteiger partial charge in [0.05, 0.1) is 13.1 Å². The van der Waals surface area contributed by atoms with Crippen LogP contribution in [0.25, 0.3) is 11.1 Å². The van der Waals surface area contributed by atoms with Crippen LogP contribution in [0, 0.1) is 0 Å². The fraction of sp³-hybridized carbons (Fsp3) is 0.121. The van der Waals surface area contributed by atoms with Crippen molar-refractivity contribution in [2.45, 2.75) is 26.2 Å². The summed E-state index contributed by atoms with van der Waals surface area (Å²) in [7, 11) is 0. The van der Waals surface area contributed by atoms with E-state index in [1.807, 2.05) is 102 Å². The number of benzene rings is 3. The molecule has 0 saturated heterocycles. The summed E-state index contributed by atoms with van der Waals surface area (Å²) in [5, 5.41) is 2.99. The van der Waals surface area contributed by atoms with E-state index in [2.05, 4.69) is 10.3 Å². The van der Waals surface area contributed by atoms with E-state index in [-0.39, 0.29) is 11.8 Å². The lowest BCUT2D eigenvalue weighted by Gasteiger charge is -2.23. The number of nitrogens with two attached hydrogens (primary N) is 1. The van der Waals surface area contributed by atoms with Gasteiger partial charge in [0.25, 0.3) is 11.8 Å². The average molecular weight is 528 g/mol. The third-order valence-corrected chi connectivity index (χ3v) is 7.34. The number of pyridine rings is 1. The lowest BCUT2D eigenvalue weighted by atomic mass is 9.98. The Bertz CT molecular complexity index is 1680. The van der Waals surface area contributed by atoms with Gasteiger partial charge < -0.3 is 20.5 Å². The van der Waals surface area contributed by atoms with E-state index in [9.17, 15) is 9.59 Å². The minimum atomic E-state index is -0.166. The molecule has 3 aromatic carbocycles. The van der Waals surface area contributed by atoms with Crippen molar-refractivity contribution in [3.8, 4) is 11.1 Å². The molecule has 3 heterocycles. The molecule has 0 unspecified atom stereocenters. The Morgan fingerprint density at radius 2 is 1.65 bits per heavy atom. The molecule has 198 valence electrons. The van der Waals surface area contributed by atoms with Crippen LogP contribution in [0.3, 0.4) is 0 Å². The number of hydrogen-bond acceptors (Lipinski definition) is 4. The van der Waals surface area contributed by atoms with Gasteiger partial charge in [-0.2, -0.15) is 0 Å². The fourth-order valence-corrected chi connectivity index (χ4v) is 5.24. The van der Waals surface area contributed by atoms with Crippen molar-refractivity contribution in [3.05, 3.63) is 143 Å². The Morgan fingerprint density at radius 1 is 0.850 bits per heavy atom. The SMILES string of the molecule is NCc1ccccc1-c1ccc(C(=O)N2Cc3ccc(C(=O)NCc4cccnc4)n3Cc3ccccc32)cc1. The van der Waals surface area contributed by atoms with Gasteiger partial charge in [-0.1, -0.05) is 60.7 Å². The van der Waals surface area contributed by atoms with Crippen LogP contribution in [-0.2, 0) is 26.2 Å². The molecule has 1 aliphatic heterocycles. The van der Waals surface area contributed by atoms with Crippen molar-refractivity contribution in [1.82, 2.24) is 14.9 Å². The average Bonchev–Trinajstić information content (AvgIpc) is 3.33. The summed E-state index contributed by atoms with van der Waals surface area (Å²) in [5.41, 5.74) is 13.9. The maximum absolute atomic E-state index is 13.9. The highest BCUT2D eigenvalue weighted by atomic mass is 16.2. The molecule has 6 rings (SSSR count). The molecule has 3 N–H and O–H groups in total. The first-order valence-corrected chi connectivity index (χ1v) is 13.3. The molecular formula is C33H29N5O2. The van der Waals surface area contributed by atoms with E-state index in [1.165, 1.54) is 0 Å². The normalized spacial score (nSPS) is 12.3. The number of para-hydroxylation sites is 1. The lowest BCUT2D eigenvalue weighted by Crippen LogP contribution is -2.30. The summed E-state index contributed by atoms with van der Waals surface area (Å²) in [4.78, 5) is 33.0. The highest BCUT2D eigenvalue weighted by Gasteiger charge is 2.27. The summed E-state index contributed by atoms with van der Waals surface area (Å²) in [5.74, 6) is -0.260. The first-order chi connectivity index (χ1) is 19.6. The fourth-order valence-electron chi connectivity index (χ4n) is 5.24. The number of nitrogens with one attached hydrogen (secondary N) is 1. The lowest BCUT2D eigenvalue weighted by molar-refractivity contribution is 0.0941. The quantitative estimate of drug-likeness (QED) is 0.320. The van der Waals surface area contributed by atoms with Crippen LogP contribution in [0.5, 0.6) is 0 Å². The zero-order chi connectivity index (χ0) is 27.5. The van der Waals surface area contributed by atoms with Crippen LogP contribution in [-0.4, -0.2) is 21.4 Å². The summed E-state index contributed by atoms with van der Waals surface area (Å²) < 4.78 is 2.00. The molecule has 7 heteroatoms. The first-order valence-electron chi connectivity index (χ1n) is 13.3. The molecule has 0 radical (unpaired) electrons. The third kappa shape index (κ3) is 4.90. The number of aromatic nitrogens is 2. The predicted molar refractivity (Wildman–Crippen MR) is 156 cm³/mol. The zero-order valence-electron chi connectivity index (χ0n) is 22.0. The van der Waals surface area contributed by atoms with Crippen molar-refractivity contribution >= 4 is 17.5 Å². The van der Waals surface area contributed by atoms with Gasteiger partial charge in [0.15, 0.2) is 0 Å². The molecule has 0 saturated carbocycles. The smallest absolute Gasteiger partial charge is 0.268 e. The van der Waals surface area contributed by atoms with Crippen LogP contribution < -0.4 is 16.0 Å². The molecular weight excluding hydrogens is 498 g/mol. The second-order valence-electron chi connectivity index (χ2n) is 9.80. The Morgan fingerprint density at radius 3 is 2.45 bits per heavy atom. The molecule has 2 amide bonds. The van der Waals surface area contributed by atoms with Gasteiger partial charge in [-0.05, 0) is 64.2 Å². The van der Waals surface area contributed by atoms with Gasteiger partial charge in [-0.15, -0.1) is 0 Å². The highest BCUT2D eigenvalue weighted by molar-refractivity contribution is 6.07. The van der Waals surface area contributed by atoms with Crippen LogP contribution in [0.1, 0.15) is 43.2 Å². The van der Waals surface area contributed by atoms with Gasteiger partial charge in [0.2, 0.25) is 0 Å². The van der Waals surface area contributed by atoms with Gasteiger partial charge in [-0.3, -0.25) is 14.6 Å². The van der Waals surface area contributed by atoms with Gasteiger partial charge in [0.1, 0.15) is 5.69 Å². The standard InChI is InChI=1S/C33H29N5O2/c34-18-26-7-1-3-9-29(26)24-11-13-25(14-12-24)33(40)38-22-28-15-16-31(32(39)36-20-23-6-5-17-35-19-23)37(28)21-27-8-2-4-10-30(27)38/h1-17,19H,18,20-22,34H2,(H,36,39). The second-order valence-corrected chi connectivity index (χ2v) is 9.80. The van der Waals surface area contributed by atoms with Gasteiger partial charge >= 0.3 is 0 Å². The molecule has 0 bridgehead atoms. The molecule has 7 nitrogen and oxygen atoms in total. The third-order valence-electron chi connectivity index (χ3n) is 7.34. The topological polar surface area (TPSA) is 93.2 Å². The van der Waals surface area contributed by atoms with Crippen LogP contribution in [0.15, 0.2) is 109 Å². The van der Waals surface area contributed by atoms with E-state index in [0.717, 1.165) is 39.2 Å². The number of carbonyl (C=O) groups is 2. The minimum Gasteiger partial charge on any atom is -0.347 e. The Kier molecular flexibility index (Phi) is 6.95. The van der Waals surface area contributed by atoms with Crippen molar-refractivity contribution in [2.75, 3.05) is 4.90 Å². The van der Waals surface area contributed by atoms with Crippen LogP contribution >= 0.6 is 0 Å². The second kappa shape index (κ2) is 11.0. The molecule has 0 fully saturated rings. The molecule has 5 aromatic rings. The van der Waals surface area contributed by atoms with E-state index >= 15 is 0 Å². The molecule has 0 atom stereocenters. The Balaban J connectivity index is 1.28. The van der Waals surface area contributed by atoms with E-state index in [4.69, 9.17) is 5.73 Å². The number of rotatable bonds is 6. The summed E-state index contributed by atoms with van der Waals surface area (Å²) in [6, 6.07) is 31.1. The molecule has 0 aliphatic carbocycles. The monoisotopic (exact) mass is 527 g/mol. The Hall–Kier alpha value is -5.01. The van der Waals surface area contributed by atoms with Gasteiger partial charge in [-0.25, -0.2) is 0 Å². The van der Waals surface area contributed by atoms with E-state index < -0.39 is 0 Å². The summed E-state index contributed by atoms with van der Waals surface area (Å²) in [6.07, 6.45) is 3.44. The zero-order valence-corrected chi connectivity index (χ0v) is 22.0. The van der Waals surface area contributed by atoms with E-state index in [1.54, 1.807) is 17.3 Å². The molecule has 2 aromatic heterocycles. The number of carbonyl (C=O) groups excluding carboxylic acids is 2. The van der Waals surface area contributed by atoms with Gasteiger partial charge in [0, 0.05) is 42.4 Å². The van der Waals surface area contributed by atoms with Crippen LogP contribution in [0.2, 0.25) is 0 Å². The summed E-state index contributed by atoms with van der Waals surface area (Å²) >= 11 is 0.